The Morgan fingerprint density at radius 1 is 1.04 bits per heavy atom. The van der Waals surface area contributed by atoms with Crippen molar-refractivity contribution < 1.29 is 34.0 Å². The van der Waals surface area contributed by atoms with Crippen LogP contribution in [0.3, 0.4) is 0 Å². The lowest BCUT2D eigenvalue weighted by molar-refractivity contribution is -0.146. The van der Waals surface area contributed by atoms with E-state index in [1.165, 1.54) is 18.4 Å². The van der Waals surface area contributed by atoms with E-state index in [9.17, 15) is 19.8 Å². The molecular weight excluding hydrogens is 677 g/mol. The first-order valence-electron chi connectivity index (χ1n) is 18.1. The predicted molar refractivity (Wildman–Crippen MR) is 211 cm³/mol. The number of hydrogen-bond acceptors (Lipinski definition) is 9. The molecule has 0 radical (unpaired) electrons. The number of carbonyl (C=O) groups is 2. The molecule has 1 aliphatic rings. The average Bonchev–Trinajstić information content (AvgIpc) is 3.57. The summed E-state index contributed by atoms with van der Waals surface area (Å²) in [5.41, 5.74) is 4.83. The molecule has 8 atom stereocenters. The summed E-state index contributed by atoms with van der Waals surface area (Å²) >= 11 is 1.37. The second-order valence-corrected chi connectivity index (χ2v) is 15.4. The predicted octanol–water partition coefficient (Wildman–Crippen LogP) is 9.06. The molecule has 288 valence electrons. The Balaban J connectivity index is 2.60. The summed E-state index contributed by atoms with van der Waals surface area (Å²) < 4.78 is 17.7. The van der Waals surface area contributed by atoms with Gasteiger partial charge in [-0.2, -0.15) is 0 Å². The van der Waals surface area contributed by atoms with Gasteiger partial charge in [0, 0.05) is 42.9 Å². The maximum atomic E-state index is 13.6. The Labute approximate surface area is 315 Å². The number of aliphatic hydroxyl groups is 2. The smallest absolute Gasteiger partial charge is 0.407 e. The van der Waals surface area contributed by atoms with Gasteiger partial charge in [-0.15, -0.1) is 11.3 Å². The number of aliphatic hydroxyl groups excluding tert-OH is 2. The van der Waals surface area contributed by atoms with Crippen LogP contribution in [0.2, 0.25) is 0 Å². The van der Waals surface area contributed by atoms with Crippen LogP contribution in [0.4, 0.5) is 4.79 Å². The zero-order valence-electron chi connectivity index (χ0n) is 33.2. The van der Waals surface area contributed by atoms with Crippen LogP contribution in [0.5, 0.6) is 0 Å². The Morgan fingerprint density at radius 3 is 2.37 bits per heavy atom. The number of carbonyl (C=O) groups excluding carboxylic acids is 2. The van der Waals surface area contributed by atoms with Crippen LogP contribution < -0.4 is 5.32 Å². The first-order valence-corrected chi connectivity index (χ1v) is 19.0. The van der Waals surface area contributed by atoms with Gasteiger partial charge >= 0.3 is 12.1 Å². The van der Waals surface area contributed by atoms with E-state index in [-0.39, 0.29) is 29.8 Å². The van der Waals surface area contributed by atoms with Gasteiger partial charge < -0.3 is 29.7 Å². The molecule has 0 aromatic carbocycles. The van der Waals surface area contributed by atoms with Crippen molar-refractivity contribution in [3.05, 3.63) is 98.6 Å². The molecule has 0 aliphatic carbocycles. The molecule has 0 saturated heterocycles. The second-order valence-electron chi connectivity index (χ2n) is 14.5. The zero-order chi connectivity index (χ0) is 39.1. The third-order valence-corrected chi connectivity index (χ3v) is 9.99. The van der Waals surface area contributed by atoms with Crippen molar-refractivity contribution in [2.45, 2.75) is 113 Å². The van der Waals surface area contributed by atoms with Crippen molar-refractivity contribution in [3.63, 3.8) is 0 Å². The Bertz CT molecular complexity index is 1550. The van der Waals surface area contributed by atoms with Crippen molar-refractivity contribution >= 4 is 23.4 Å². The molecular formula is C42H62N2O7S. The molecule has 1 aromatic rings. The van der Waals surface area contributed by atoms with E-state index >= 15 is 0 Å². The number of nitrogens with zero attached hydrogens (tertiary/aromatic N) is 1. The molecule has 10 heteroatoms. The molecule has 3 N–H and O–H groups in total. The molecule has 0 unspecified atom stereocenters. The monoisotopic (exact) mass is 738 g/mol. The fourth-order valence-electron chi connectivity index (χ4n) is 5.92. The van der Waals surface area contributed by atoms with Crippen LogP contribution >= 0.6 is 11.3 Å². The van der Waals surface area contributed by atoms with E-state index in [0.29, 0.717) is 29.1 Å². The van der Waals surface area contributed by atoms with Crippen LogP contribution in [0, 0.1) is 23.7 Å². The highest BCUT2D eigenvalue weighted by atomic mass is 32.1. The zero-order valence-corrected chi connectivity index (χ0v) is 34.0. The SMILES string of the molecule is CNC(=O)O[C@@H](CC(C)C)c1nc([C@H]2OC(=O)/C(C)=C/C/C(C)=C/[C@@H](O)[C@@H](C)\C=C(C)/C=C(C)\C=C\[C@@H](O)[C@H](C)[C@H](OC)/C(C)=C/C=C/[C@@H]2C)cs1. The van der Waals surface area contributed by atoms with E-state index in [1.807, 2.05) is 102 Å². The van der Waals surface area contributed by atoms with Crippen molar-refractivity contribution in [2.75, 3.05) is 14.2 Å². The minimum Gasteiger partial charge on any atom is -0.452 e. The maximum Gasteiger partial charge on any atom is 0.407 e. The van der Waals surface area contributed by atoms with Gasteiger partial charge in [0.2, 0.25) is 0 Å². The summed E-state index contributed by atoms with van der Waals surface area (Å²) in [7, 11) is 3.15. The number of thiazole rings is 1. The Morgan fingerprint density at radius 2 is 1.73 bits per heavy atom. The molecule has 0 fully saturated rings. The number of aromatic nitrogens is 1. The molecule has 9 nitrogen and oxygen atoms in total. The number of ether oxygens (including phenoxy) is 3. The molecule has 1 aromatic heterocycles. The standard InChI is InChI=1S/C42H62N2O7S/c1-25(2)20-37(50-42(48)43-11)40-44-34(24-52-40)39-30(7)15-13-14-29(6)38(49-12)33(10)35(45)19-17-26(3)21-28(5)22-32(9)36(46)23-27(4)16-18-31(8)41(47)51-39/h13-15,17-19,21-25,30,32-33,35-39,45-46H,16,20H2,1-12H3,(H,43,48)/b15-13+,19-17+,26-21-,27-23+,28-22-,29-14+,31-18+/t30-,32-,33-,35+,36+,37-,38+,39-/m0/s1. The van der Waals surface area contributed by atoms with Gasteiger partial charge in [-0.05, 0) is 59.0 Å². The minimum atomic E-state index is -0.755. The number of nitrogens with one attached hydrogen (secondary N) is 1. The number of amides is 1. The number of rotatable bonds is 6. The number of allylic oxidation sites excluding steroid dienone is 8. The number of hydrogen-bond donors (Lipinski definition) is 3. The van der Waals surface area contributed by atoms with Crippen LogP contribution in [-0.4, -0.2) is 59.7 Å². The molecule has 1 aliphatic heterocycles. The molecule has 0 saturated carbocycles. The van der Waals surface area contributed by atoms with E-state index in [1.54, 1.807) is 20.1 Å². The van der Waals surface area contributed by atoms with E-state index in [0.717, 1.165) is 22.3 Å². The number of alkyl carbamates (subject to hydrolysis) is 1. The fourth-order valence-corrected chi connectivity index (χ4v) is 6.80. The minimum absolute atomic E-state index is 0.147. The lowest BCUT2D eigenvalue weighted by atomic mass is 9.91. The highest BCUT2D eigenvalue weighted by Crippen LogP contribution is 2.34. The van der Waals surface area contributed by atoms with Gasteiger partial charge in [0.15, 0.2) is 12.2 Å². The largest absolute Gasteiger partial charge is 0.452 e. The van der Waals surface area contributed by atoms with Gasteiger partial charge in [-0.1, -0.05) is 106 Å². The Hall–Kier alpha value is -3.57. The maximum absolute atomic E-state index is 13.6. The summed E-state index contributed by atoms with van der Waals surface area (Å²) in [6.07, 6.45) is 14.6. The number of cyclic esters (lactones) is 1. The first-order chi connectivity index (χ1) is 24.5. The third-order valence-electron chi connectivity index (χ3n) is 9.03. The van der Waals surface area contributed by atoms with E-state index < -0.39 is 36.5 Å². The summed E-state index contributed by atoms with van der Waals surface area (Å²) in [5, 5.41) is 27.0. The number of esters is 1. The lowest BCUT2D eigenvalue weighted by Crippen LogP contribution is -2.30. The van der Waals surface area contributed by atoms with Gasteiger partial charge in [-0.3, -0.25) is 0 Å². The van der Waals surface area contributed by atoms with Gasteiger partial charge in [0.1, 0.15) is 5.01 Å². The van der Waals surface area contributed by atoms with Crippen LogP contribution in [0.25, 0.3) is 0 Å². The quantitative estimate of drug-likeness (QED) is 0.195. The van der Waals surface area contributed by atoms with E-state index in [4.69, 9.17) is 19.2 Å². The topological polar surface area (TPSA) is 127 Å². The fraction of sp³-hybridized carbons (Fsp3) is 0.548. The van der Waals surface area contributed by atoms with Crippen molar-refractivity contribution in [2.24, 2.45) is 23.7 Å². The lowest BCUT2D eigenvalue weighted by Gasteiger charge is -2.26. The second kappa shape index (κ2) is 21.8. The average molecular weight is 739 g/mol. The normalized spacial score (nSPS) is 33.2. The molecule has 2 rings (SSSR count). The summed E-state index contributed by atoms with van der Waals surface area (Å²) in [5.74, 6) is -0.903. The van der Waals surface area contributed by atoms with Gasteiger partial charge in [0.25, 0.3) is 0 Å². The molecule has 1 amide bonds. The summed E-state index contributed by atoms with van der Waals surface area (Å²) in [4.78, 5) is 30.6. The highest BCUT2D eigenvalue weighted by molar-refractivity contribution is 7.09. The van der Waals surface area contributed by atoms with Crippen LogP contribution in [0.15, 0.2) is 87.9 Å². The van der Waals surface area contributed by atoms with Crippen molar-refractivity contribution in [1.82, 2.24) is 10.3 Å². The Kier molecular flexibility index (Phi) is 18.7. The molecule has 2 heterocycles. The molecule has 52 heavy (non-hydrogen) atoms. The van der Waals surface area contributed by atoms with Gasteiger partial charge in [0.05, 0.1) is 24.0 Å². The van der Waals surface area contributed by atoms with Crippen LogP contribution in [0.1, 0.15) is 105 Å². The summed E-state index contributed by atoms with van der Waals surface area (Å²) in [6, 6.07) is 0. The van der Waals surface area contributed by atoms with E-state index in [2.05, 4.69) is 19.2 Å². The highest BCUT2D eigenvalue weighted by Gasteiger charge is 2.29. The summed E-state index contributed by atoms with van der Waals surface area (Å²) in [6.45, 7) is 19.6. The molecule has 0 spiro atoms. The van der Waals surface area contributed by atoms with Gasteiger partial charge in [-0.25, -0.2) is 14.6 Å². The first kappa shape index (κ1) is 44.6. The number of methoxy groups -OCH3 is 1. The van der Waals surface area contributed by atoms with Crippen molar-refractivity contribution in [3.8, 4) is 0 Å². The van der Waals surface area contributed by atoms with Crippen molar-refractivity contribution in [1.29, 1.82) is 0 Å². The third kappa shape index (κ3) is 14.5. The van der Waals surface area contributed by atoms with Crippen LogP contribution in [-0.2, 0) is 19.0 Å². The molecule has 0 bridgehead atoms.